The van der Waals surface area contributed by atoms with Gasteiger partial charge in [0.05, 0.1) is 5.75 Å². The minimum absolute atomic E-state index is 0. The van der Waals surface area contributed by atoms with E-state index in [-0.39, 0.29) is 29.7 Å². The Morgan fingerprint density at radius 3 is 2.09 bits per heavy atom. The summed E-state index contributed by atoms with van der Waals surface area (Å²) < 4.78 is 22.4. The van der Waals surface area contributed by atoms with Crippen molar-refractivity contribution in [1.29, 1.82) is 0 Å². The summed E-state index contributed by atoms with van der Waals surface area (Å²) in [7, 11) is -1.04. The maximum Gasteiger partial charge on any atom is 0.191 e. The average molecular weight is 444 g/mol. The highest BCUT2D eigenvalue weighted by Crippen LogP contribution is 2.18. The quantitative estimate of drug-likeness (QED) is 0.374. The molecule has 0 amide bonds. The third-order valence-corrected chi connectivity index (χ3v) is 5.30. The third-order valence-electron chi connectivity index (χ3n) is 4.38. The second kappa shape index (κ2) is 9.27. The molecule has 6 nitrogen and oxygen atoms in total. The zero-order chi connectivity index (χ0) is 15.3. The van der Waals surface area contributed by atoms with Crippen LogP contribution in [0.2, 0.25) is 0 Å². The Hall–Kier alpha value is -0.0900. The molecule has 2 fully saturated rings. The molecule has 0 bridgehead atoms. The SMILES string of the molecule is CN=C(NC1CCC1)NC1CCN(CCS(C)(=O)=O)CC1.I. The van der Waals surface area contributed by atoms with Crippen LogP contribution in [-0.2, 0) is 9.84 Å². The highest BCUT2D eigenvalue weighted by molar-refractivity contribution is 14.0. The summed E-state index contributed by atoms with van der Waals surface area (Å²) in [6.45, 7) is 2.56. The van der Waals surface area contributed by atoms with E-state index in [4.69, 9.17) is 0 Å². The van der Waals surface area contributed by atoms with E-state index in [1.165, 1.54) is 25.5 Å². The summed E-state index contributed by atoms with van der Waals surface area (Å²) in [6, 6.07) is 1.02. The standard InChI is InChI=1S/C14H28N4O2S.HI/c1-15-14(16-12-4-3-5-12)17-13-6-8-18(9-7-13)10-11-21(2,19)20;/h12-13H,3-11H2,1-2H3,(H2,15,16,17);1H. The minimum Gasteiger partial charge on any atom is -0.354 e. The normalized spacial score (nSPS) is 21.8. The first kappa shape index (κ1) is 20.0. The molecule has 0 aromatic carbocycles. The van der Waals surface area contributed by atoms with Gasteiger partial charge in [-0.3, -0.25) is 4.99 Å². The fourth-order valence-corrected chi connectivity index (χ4v) is 3.30. The van der Waals surface area contributed by atoms with Crippen LogP contribution in [0.3, 0.4) is 0 Å². The molecular formula is C14H29IN4O2S. The van der Waals surface area contributed by atoms with Gasteiger partial charge in [0, 0.05) is 45.0 Å². The van der Waals surface area contributed by atoms with Crippen LogP contribution >= 0.6 is 24.0 Å². The maximum absolute atomic E-state index is 11.2. The number of sulfone groups is 1. The summed E-state index contributed by atoms with van der Waals surface area (Å²) in [5, 5.41) is 6.94. The lowest BCUT2D eigenvalue weighted by Crippen LogP contribution is -2.52. The first-order valence-electron chi connectivity index (χ1n) is 7.86. The van der Waals surface area contributed by atoms with Crippen molar-refractivity contribution in [3.05, 3.63) is 0 Å². The lowest BCUT2D eigenvalue weighted by atomic mass is 9.93. The van der Waals surface area contributed by atoms with Gasteiger partial charge < -0.3 is 15.5 Å². The highest BCUT2D eigenvalue weighted by atomic mass is 127. The van der Waals surface area contributed by atoms with Gasteiger partial charge in [-0.1, -0.05) is 0 Å². The van der Waals surface area contributed by atoms with Gasteiger partial charge in [-0.15, -0.1) is 24.0 Å². The van der Waals surface area contributed by atoms with Gasteiger partial charge in [0.15, 0.2) is 5.96 Å². The first-order chi connectivity index (χ1) is 9.96. The van der Waals surface area contributed by atoms with Gasteiger partial charge in [-0.05, 0) is 32.1 Å². The molecule has 0 aromatic heterocycles. The summed E-state index contributed by atoms with van der Waals surface area (Å²) in [5.74, 6) is 1.17. The van der Waals surface area contributed by atoms with Crippen LogP contribution in [0.15, 0.2) is 4.99 Å². The summed E-state index contributed by atoms with van der Waals surface area (Å²) in [5.41, 5.74) is 0. The Balaban J connectivity index is 0.00000242. The van der Waals surface area contributed by atoms with E-state index in [9.17, 15) is 8.42 Å². The van der Waals surface area contributed by atoms with Crippen LogP contribution in [0.1, 0.15) is 32.1 Å². The van der Waals surface area contributed by atoms with Crippen molar-refractivity contribution in [3.63, 3.8) is 0 Å². The minimum atomic E-state index is -2.86. The molecule has 8 heteroatoms. The largest absolute Gasteiger partial charge is 0.354 e. The van der Waals surface area contributed by atoms with Crippen molar-refractivity contribution in [3.8, 4) is 0 Å². The molecule has 0 atom stereocenters. The molecule has 2 aliphatic rings. The van der Waals surface area contributed by atoms with Gasteiger partial charge >= 0.3 is 0 Å². The molecule has 130 valence electrons. The number of guanidine groups is 1. The predicted octanol–water partition coefficient (Wildman–Crippen LogP) is 0.831. The van der Waals surface area contributed by atoms with Crippen LogP contribution < -0.4 is 10.6 Å². The number of rotatable bonds is 5. The lowest BCUT2D eigenvalue weighted by molar-refractivity contribution is 0.215. The van der Waals surface area contributed by atoms with Crippen LogP contribution in [-0.4, -0.2) is 70.1 Å². The van der Waals surface area contributed by atoms with E-state index in [0.717, 1.165) is 31.9 Å². The zero-order valence-electron chi connectivity index (χ0n) is 13.5. The number of hydrogen-bond donors (Lipinski definition) is 2. The molecule has 2 rings (SSSR count). The molecule has 0 spiro atoms. The van der Waals surface area contributed by atoms with Gasteiger partial charge in [-0.25, -0.2) is 8.42 Å². The van der Waals surface area contributed by atoms with Crippen molar-refractivity contribution in [2.24, 2.45) is 4.99 Å². The van der Waals surface area contributed by atoms with E-state index in [1.54, 1.807) is 0 Å². The Kier molecular flexibility index (Phi) is 8.40. The molecule has 1 heterocycles. The predicted molar refractivity (Wildman–Crippen MR) is 102 cm³/mol. The number of halogens is 1. The number of nitrogens with zero attached hydrogens (tertiary/aromatic N) is 2. The molecule has 1 saturated heterocycles. The second-order valence-corrected chi connectivity index (χ2v) is 8.49. The van der Waals surface area contributed by atoms with E-state index < -0.39 is 9.84 Å². The summed E-state index contributed by atoms with van der Waals surface area (Å²) in [4.78, 5) is 6.53. The maximum atomic E-state index is 11.2. The lowest BCUT2D eigenvalue weighted by Gasteiger charge is -2.34. The van der Waals surface area contributed by atoms with Gasteiger partial charge in [-0.2, -0.15) is 0 Å². The molecule has 0 unspecified atom stereocenters. The summed E-state index contributed by atoms with van der Waals surface area (Å²) in [6.07, 6.45) is 7.17. The van der Waals surface area contributed by atoms with E-state index in [1.807, 2.05) is 7.05 Å². The average Bonchev–Trinajstić information content (AvgIpc) is 2.39. The molecule has 1 aliphatic carbocycles. The fourth-order valence-electron chi connectivity index (χ4n) is 2.71. The summed E-state index contributed by atoms with van der Waals surface area (Å²) >= 11 is 0. The highest BCUT2D eigenvalue weighted by Gasteiger charge is 2.23. The van der Waals surface area contributed by atoms with Crippen molar-refractivity contribution >= 4 is 39.8 Å². The first-order valence-corrected chi connectivity index (χ1v) is 9.92. The zero-order valence-corrected chi connectivity index (χ0v) is 16.7. The Morgan fingerprint density at radius 1 is 1.14 bits per heavy atom. The molecule has 1 aliphatic heterocycles. The molecule has 2 N–H and O–H groups in total. The van der Waals surface area contributed by atoms with Crippen molar-refractivity contribution < 1.29 is 8.42 Å². The van der Waals surface area contributed by atoms with Crippen molar-refractivity contribution in [2.45, 2.75) is 44.2 Å². The molecule has 0 radical (unpaired) electrons. The third kappa shape index (κ3) is 6.99. The van der Waals surface area contributed by atoms with E-state index in [2.05, 4.69) is 20.5 Å². The van der Waals surface area contributed by atoms with Crippen LogP contribution in [0.25, 0.3) is 0 Å². The smallest absolute Gasteiger partial charge is 0.191 e. The monoisotopic (exact) mass is 444 g/mol. The van der Waals surface area contributed by atoms with Gasteiger partial charge in [0.1, 0.15) is 9.84 Å². The number of likely N-dealkylation sites (tertiary alicyclic amines) is 1. The molecule has 1 saturated carbocycles. The van der Waals surface area contributed by atoms with E-state index >= 15 is 0 Å². The second-order valence-electron chi connectivity index (χ2n) is 6.23. The molecule has 0 aromatic rings. The van der Waals surface area contributed by atoms with Crippen LogP contribution in [0.4, 0.5) is 0 Å². The number of piperidine rings is 1. The number of hydrogen-bond acceptors (Lipinski definition) is 4. The van der Waals surface area contributed by atoms with Gasteiger partial charge in [0.25, 0.3) is 0 Å². The Bertz CT molecular complexity index is 457. The molecular weight excluding hydrogens is 415 g/mol. The van der Waals surface area contributed by atoms with E-state index in [0.29, 0.717) is 18.6 Å². The van der Waals surface area contributed by atoms with Crippen LogP contribution in [0.5, 0.6) is 0 Å². The van der Waals surface area contributed by atoms with Gasteiger partial charge in [0.2, 0.25) is 0 Å². The number of aliphatic imine (C=N–C) groups is 1. The van der Waals surface area contributed by atoms with Crippen molar-refractivity contribution in [1.82, 2.24) is 15.5 Å². The van der Waals surface area contributed by atoms with Crippen molar-refractivity contribution in [2.75, 3.05) is 38.7 Å². The Morgan fingerprint density at radius 2 is 1.68 bits per heavy atom. The van der Waals surface area contributed by atoms with Crippen LogP contribution in [0, 0.1) is 0 Å². The number of nitrogens with one attached hydrogen (secondary N) is 2. The fraction of sp³-hybridized carbons (Fsp3) is 0.929. The Labute approximate surface area is 151 Å². The topological polar surface area (TPSA) is 73.8 Å². The molecule has 22 heavy (non-hydrogen) atoms.